The lowest BCUT2D eigenvalue weighted by Crippen LogP contribution is -2.47. The molecule has 1 N–H and O–H groups in total. The fourth-order valence-corrected chi connectivity index (χ4v) is 4.47. The first kappa shape index (κ1) is 18.8. The number of pyridine rings is 2. The number of anilines is 1. The van der Waals surface area contributed by atoms with Crippen molar-refractivity contribution in [3.8, 4) is 0 Å². The van der Waals surface area contributed by atoms with Crippen LogP contribution in [0.25, 0.3) is 0 Å². The van der Waals surface area contributed by atoms with Gasteiger partial charge in [0.2, 0.25) is 5.91 Å². The number of rotatable bonds is 5. The van der Waals surface area contributed by atoms with Crippen molar-refractivity contribution in [1.82, 2.24) is 19.4 Å². The summed E-state index contributed by atoms with van der Waals surface area (Å²) < 4.78 is 1.88. The standard InChI is InChI=1S/C21H27N5O2/c1-24(2)14-20(27)23-18-6-7-19-16-9-15(11-26(19)21(18)28)10-25(12-16)13-17-5-3-4-8-22-17/h3-8,15-16H,9-14H2,1-2H3,(H,23,27)/t15-,16+/m0/s1. The molecule has 7 nitrogen and oxygen atoms in total. The first-order valence-electron chi connectivity index (χ1n) is 9.80. The van der Waals surface area contributed by atoms with Gasteiger partial charge in [-0.05, 0) is 50.7 Å². The van der Waals surface area contributed by atoms with Crippen LogP contribution in [-0.4, -0.2) is 59.0 Å². The zero-order valence-electron chi connectivity index (χ0n) is 16.5. The molecule has 2 aliphatic heterocycles. The van der Waals surface area contributed by atoms with Gasteiger partial charge >= 0.3 is 0 Å². The van der Waals surface area contributed by atoms with Crippen LogP contribution in [0.15, 0.2) is 41.3 Å². The summed E-state index contributed by atoms with van der Waals surface area (Å²) in [6.07, 6.45) is 2.95. The number of hydrogen-bond donors (Lipinski definition) is 1. The van der Waals surface area contributed by atoms with Crippen molar-refractivity contribution in [3.05, 3.63) is 58.3 Å². The summed E-state index contributed by atoms with van der Waals surface area (Å²) in [6.45, 7) is 3.71. The van der Waals surface area contributed by atoms with Gasteiger partial charge in [-0.3, -0.25) is 19.5 Å². The van der Waals surface area contributed by atoms with E-state index in [1.54, 1.807) is 11.0 Å². The second-order valence-electron chi connectivity index (χ2n) is 8.19. The van der Waals surface area contributed by atoms with Crippen LogP contribution in [0.5, 0.6) is 0 Å². The molecule has 1 amide bonds. The highest BCUT2D eigenvalue weighted by Crippen LogP contribution is 2.35. The summed E-state index contributed by atoms with van der Waals surface area (Å²) in [6, 6.07) is 9.79. The Balaban J connectivity index is 1.52. The monoisotopic (exact) mass is 381 g/mol. The third kappa shape index (κ3) is 4.00. The van der Waals surface area contributed by atoms with Crippen molar-refractivity contribution in [2.45, 2.75) is 25.4 Å². The van der Waals surface area contributed by atoms with Crippen LogP contribution in [0.2, 0.25) is 0 Å². The van der Waals surface area contributed by atoms with Crippen molar-refractivity contribution >= 4 is 11.6 Å². The molecule has 0 spiro atoms. The lowest BCUT2D eigenvalue weighted by Gasteiger charge is -2.42. The Morgan fingerprint density at radius 3 is 2.82 bits per heavy atom. The predicted octanol–water partition coefficient (Wildman–Crippen LogP) is 1.36. The minimum absolute atomic E-state index is 0.0857. The predicted molar refractivity (Wildman–Crippen MR) is 108 cm³/mol. The molecule has 28 heavy (non-hydrogen) atoms. The average Bonchev–Trinajstić information content (AvgIpc) is 2.64. The topological polar surface area (TPSA) is 70.5 Å². The van der Waals surface area contributed by atoms with Crippen molar-refractivity contribution < 1.29 is 4.79 Å². The minimum atomic E-state index is -0.166. The highest BCUT2D eigenvalue weighted by Gasteiger charge is 2.35. The van der Waals surface area contributed by atoms with Gasteiger partial charge < -0.3 is 14.8 Å². The van der Waals surface area contributed by atoms with E-state index in [0.717, 1.165) is 37.4 Å². The van der Waals surface area contributed by atoms with Crippen molar-refractivity contribution in [2.24, 2.45) is 5.92 Å². The van der Waals surface area contributed by atoms with Gasteiger partial charge in [0.05, 0.1) is 12.2 Å². The van der Waals surface area contributed by atoms with Gasteiger partial charge in [0.1, 0.15) is 5.69 Å². The van der Waals surface area contributed by atoms with Crippen LogP contribution in [0.1, 0.15) is 23.7 Å². The van der Waals surface area contributed by atoms with Crippen LogP contribution < -0.4 is 10.9 Å². The number of likely N-dealkylation sites (tertiary alicyclic amines) is 1. The van der Waals surface area contributed by atoms with Gasteiger partial charge in [-0.15, -0.1) is 0 Å². The smallest absolute Gasteiger partial charge is 0.274 e. The maximum atomic E-state index is 12.9. The highest BCUT2D eigenvalue weighted by molar-refractivity contribution is 5.92. The zero-order chi connectivity index (χ0) is 19.7. The first-order chi connectivity index (χ1) is 13.5. The van der Waals surface area contributed by atoms with E-state index in [9.17, 15) is 9.59 Å². The van der Waals surface area contributed by atoms with Crippen LogP contribution in [-0.2, 0) is 17.9 Å². The second-order valence-corrected chi connectivity index (χ2v) is 8.19. The third-order valence-corrected chi connectivity index (χ3v) is 5.53. The zero-order valence-corrected chi connectivity index (χ0v) is 16.5. The second kappa shape index (κ2) is 7.85. The molecule has 1 fully saturated rings. The van der Waals surface area contributed by atoms with E-state index in [2.05, 4.69) is 21.3 Å². The molecule has 0 aliphatic carbocycles. The van der Waals surface area contributed by atoms with Gasteiger partial charge in [-0.2, -0.15) is 0 Å². The van der Waals surface area contributed by atoms with Gasteiger partial charge in [-0.25, -0.2) is 0 Å². The molecule has 0 unspecified atom stereocenters. The molecule has 2 atom stereocenters. The third-order valence-electron chi connectivity index (χ3n) is 5.53. The molecular formula is C21H27N5O2. The van der Waals surface area contributed by atoms with Gasteiger partial charge in [0.25, 0.3) is 5.56 Å². The molecule has 2 bridgehead atoms. The summed E-state index contributed by atoms with van der Waals surface area (Å²) in [5.41, 5.74) is 2.45. The Hall–Kier alpha value is -2.51. The number of fused-ring (bicyclic) bond motifs is 4. The number of carbonyl (C=O) groups is 1. The Morgan fingerprint density at radius 2 is 2.07 bits per heavy atom. The summed E-state index contributed by atoms with van der Waals surface area (Å²) >= 11 is 0. The van der Waals surface area contributed by atoms with E-state index >= 15 is 0 Å². The number of hydrogen-bond acceptors (Lipinski definition) is 5. The molecule has 0 radical (unpaired) electrons. The van der Waals surface area contributed by atoms with Gasteiger partial charge in [0, 0.05) is 44.0 Å². The highest BCUT2D eigenvalue weighted by atomic mass is 16.2. The Bertz CT molecular complexity index is 909. The van der Waals surface area contributed by atoms with Crippen LogP contribution >= 0.6 is 0 Å². The van der Waals surface area contributed by atoms with Crippen molar-refractivity contribution in [1.29, 1.82) is 0 Å². The largest absolute Gasteiger partial charge is 0.320 e. The first-order valence-corrected chi connectivity index (χ1v) is 9.80. The SMILES string of the molecule is CN(C)CC(=O)Nc1ccc2n(c1=O)C[C@H]1C[C@@H]2CN(Cc2ccccn2)C1. The summed E-state index contributed by atoms with van der Waals surface area (Å²) in [4.78, 5) is 33.7. The molecular weight excluding hydrogens is 354 g/mol. The van der Waals surface area contributed by atoms with E-state index in [1.807, 2.05) is 43.1 Å². The number of nitrogens with zero attached hydrogens (tertiary/aromatic N) is 4. The van der Waals surface area contributed by atoms with Crippen LogP contribution in [0.3, 0.4) is 0 Å². The van der Waals surface area contributed by atoms with Gasteiger partial charge in [-0.1, -0.05) is 6.07 Å². The van der Waals surface area contributed by atoms with E-state index in [4.69, 9.17) is 0 Å². The molecule has 0 saturated carbocycles. The number of piperidine rings is 1. The maximum Gasteiger partial charge on any atom is 0.274 e. The number of likely N-dealkylation sites (N-methyl/N-ethyl adjacent to an activating group) is 1. The molecule has 148 valence electrons. The molecule has 2 aromatic heterocycles. The fraction of sp³-hybridized carbons (Fsp3) is 0.476. The van der Waals surface area contributed by atoms with Crippen molar-refractivity contribution in [3.63, 3.8) is 0 Å². The lowest BCUT2D eigenvalue weighted by atomic mass is 9.83. The number of carbonyl (C=O) groups excluding carboxylic acids is 1. The Morgan fingerprint density at radius 1 is 1.21 bits per heavy atom. The lowest BCUT2D eigenvalue weighted by molar-refractivity contribution is -0.116. The molecule has 4 heterocycles. The molecule has 0 aromatic carbocycles. The fourth-order valence-electron chi connectivity index (χ4n) is 4.47. The van der Waals surface area contributed by atoms with E-state index in [0.29, 0.717) is 24.1 Å². The van der Waals surface area contributed by atoms with E-state index in [-0.39, 0.29) is 18.0 Å². The Kier molecular flexibility index (Phi) is 5.28. The maximum absolute atomic E-state index is 12.9. The quantitative estimate of drug-likeness (QED) is 0.847. The molecule has 4 rings (SSSR count). The summed E-state index contributed by atoms with van der Waals surface area (Å²) in [5, 5.41) is 2.77. The van der Waals surface area contributed by atoms with Crippen molar-refractivity contribution in [2.75, 3.05) is 39.0 Å². The minimum Gasteiger partial charge on any atom is -0.320 e. The van der Waals surface area contributed by atoms with Crippen LogP contribution in [0, 0.1) is 5.92 Å². The Labute approximate surface area is 165 Å². The normalized spacial score (nSPS) is 21.4. The van der Waals surface area contributed by atoms with E-state index in [1.165, 1.54) is 0 Å². The summed E-state index contributed by atoms with van der Waals surface area (Å²) in [7, 11) is 3.66. The molecule has 1 saturated heterocycles. The molecule has 7 heteroatoms. The molecule has 2 aliphatic rings. The number of nitrogens with one attached hydrogen (secondary N) is 1. The number of amides is 1. The van der Waals surface area contributed by atoms with Crippen LogP contribution in [0.4, 0.5) is 5.69 Å². The summed E-state index contributed by atoms with van der Waals surface area (Å²) in [5.74, 6) is 0.621. The van der Waals surface area contributed by atoms with Gasteiger partial charge in [0.15, 0.2) is 0 Å². The van der Waals surface area contributed by atoms with E-state index < -0.39 is 0 Å². The average molecular weight is 381 g/mol. The number of aromatic nitrogens is 2. The molecule has 2 aromatic rings.